The molecule has 0 aromatic heterocycles. The highest BCUT2D eigenvalue weighted by atomic mass is 16.2. The standard InChI is InChI=1S/C18H38N4O2/c1-14(2)8-5-6-12-21-18(24)16(9-7-11-19)22-17(23)10-13-20-15(3)4/h14-16,20H,5-13,19H2,1-4H3,(H,21,24)(H,22,23)/t16-/m1/s1. The molecule has 0 saturated heterocycles. The maximum absolute atomic E-state index is 12.3. The van der Waals surface area contributed by atoms with Crippen molar-refractivity contribution in [1.29, 1.82) is 0 Å². The minimum absolute atomic E-state index is 0.0971. The summed E-state index contributed by atoms with van der Waals surface area (Å²) in [6.45, 7) is 10.3. The molecule has 6 heteroatoms. The second-order valence-corrected chi connectivity index (χ2v) is 7.09. The third-order valence-corrected chi connectivity index (χ3v) is 3.76. The van der Waals surface area contributed by atoms with Crippen molar-refractivity contribution in [3.05, 3.63) is 0 Å². The summed E-state index contributed by atoms with van der Waals surface area (Å²) in [4.78, 5) is 24.3. The van der Waals surface area contributed by atoms with Crippen molar-refractivity contribution in [2.45, 2.75) is 78.3 Å². The lowest BCUT2D eigenvalue weighted by molar-refractivity contribution is -0.129. The number of hydrogen-bond acceptors (Lipinski definition) is 4. The SMILES string of the molecule is CC(C)CCCCNC(=O)[C@@H](CCCN)NC(=O)CCNC(C)C. The zero-order chi connectivity index (χ0) is 18.4. The Balaban J connectivity index is 4.17. The minimum Gasteiger partial charge on any atom is -0.354 e. The largest absolute Gasteiger partial charge is 0.354 e. The Labute approximate surface area is 147 Å². The summed E-state index contributed by atoms with van der Waals surface area (Å²) >= 11 is 0. The van der Waals surface area contributed by atoms with E-state index < -0.39 is 6.04 Å². The van der Waals surface area contributed by atoms with Crippen LogP contribution in [-0.2, 0) is 9.59 Å². The quantitative estimate of drug-likeness (QED) is 0.360. The second-order valence-electron chi connectivity index (χ2n) is 7.09. The number of unbranched alkanes of at least 4 members (excludes halogenated alkanes) is 1. The van der Waals surface area contributed by atoms with E-state index in [0.717, 1.165) is 19.3 Å². The molecule has 142 valence electrons. The van der Waals surface area contributed by atoms with E-state index in [0.29, 0.717) is 44.4 Å². The Morgan fingerprint density at radius 1 is 0.958 bits per heavy atom. The minimum atomic E-state index is -0.481. The normalized spacial score (nSPS) is 12.5. The van der Waals surface area contributed by atoms with Gasteiger partial charge in [-0.25, -0.2) is 0 Å². The third-order valence-electron chi connectivity index (χ3n) is 3.76. The fourth-order valence-electron chi connectivity index (χ4n) is 2.34. The Morgan fingerprint density at radius 3 is 2.25 bits per heavy atom. The predicted octanol–water partition coefficient (Wildman–Crippen LogP) is 1.54. The molecule has 0 spiro atoms. The highest BCUT2D eigenvalue weighted by Gasteiger charge is 2.19. The monoisotopic (exact) mass is 342 g/mol. The molecule has 0 aliphatic rings. The van der Waals surface area contributed by atoms with E-state index >= 15 is 0 Å². The summed E-state index contributed by atoms with van der Waals surface area (Å²) in [6, 6.07) is -0.134. The number of amides is 2. The molecule has 5 N–H and O–H groups in total. The van der Waals surface area contributed by atoms with Gasteiger partial charge in [-0.05, 0) is 31.7 Å². The van der Waals surface area contributed by atoms with Crippen molar-refractivity contribution < 1.29 is 9.59 Å². The van der Waals surface area contributed by atoms with E-state index in [1.54, 1.807) is 0 Å². The summed E-state index contributed by atoms with van der Waals surface area (Å²) < 4.78 is 0. The van der Waals surface area contributed by atoms with Gasteiger partial charge in [0.1, 0.15) is 6.04 Å². The molecule has 6 nitrogen and oxygen atoms in total. The first kappa shape index (κ1) is 22.9. The molecule has 0 saturated carbocycles. The van der Waals surface area contributed by atoms with Gasteiger partial charge in [0.2, 0.25) is 11.8 Å². The Bertz CT molecular complexity index is 346. The van der Waals surface area contributed by atoms with Crippen LogP contribution >= 0.6 is 0 Å². The Kier molecular flexibility index (Phi) is 13.5. The molecule has 0 unspecified atom stereocenters. The van der Waals surface area contributed by atoms with Gasteiger partial charge in [-0.15, -0.1) is 0 Å². The number of nitrogens with two attached hydrogens (primary N) is 1. The lowest BCUT2D eigenvalue weighted by Crippen LogP contribution is -2.47. The number of nitrogens with one attached hydrogen (secondary N) is 3. The van der Waals surface area contributed by atoms with Gasteiger partial charge < -0.3 is 21.7 Å². The van der Waals surface area contributed by atoms with Gasteiger partial charge in [0, 0.05) is 25.6 Å². The summed E-state index contributed by atoms with van der Waals surface area (Å²) in [7, 11) is 0. The molecule has 0 aliphatic carbocycles. The molecule has 0 fully saturated rings. The molecule has 0 bridgehead atoms. The zero-order valence-corrected chi connectivity index (χ0v) is 16.0. The van der Waals surface area contributed by atoms with Crippen LogP contribution in [0.2, 0.25) is 0 Å². The summed E-state index contributed by atoms with van der Waals surface area (Å²) in [6.07, 6.45) is 4.93. The van der Waals surface area contributed by atoms with Crippen LogP contribution in [0.25, 0.3) is 0 Å². The summed E-state index contributed by atoms with van der Waals surface area (Å²) in [5.74, 6) is 0.495. The second kappa shape index (κ2) is 14.2. The van der Waals surface area contributed by atoms with E-state index in [4.69, 9.17) is 5.73 Å². The fourth-order valence-corrected chi connectivity index (χ4v) is 2.34. The molecule has 2 amide bonds. The Hall–Kier alpha value is -1.14. The van der Waals surface area contributed by atoms with Gasteiger partial charge in [-0.2, -0.15) is 0 Å². The van der Waals surface area contributed by atoms with E-state index in [1.807, 2.05) is 13.8 Å². The van der Waals surface area contributed by atoms with Crippen LogP contribution in [0.5, 0.6) is 0 Å². The van der Waals surface area contributed by atoms with Crippen LogP contribution in [0.15, 0.2) is 0 Å². The number of carbonyl (C=O) groups excluding carboxylic acids is 2. The number of rotatable bonds is 14. The van der Waals surface area contributed by atoms with Gasteiger partial charge in [0.15, 0.2) is 0 Å². The smallest absolute Gasteiger partial charge is 0.242 e. The van der Waals surface area contributed by atoms with Crippen LogP contribution in [0.3, 0.4) is 0 Å². The van der Waals surface area contributed by atoms with Gasteiger partial charge in [-0.1, -0.05) is 40.5 Å². The number of carbonyl (C=O) groups is 2. The molecular formula is C18H38N4O2. The molecule has 0 heterocycles. The van der Waals surface area contributed by atoms with Crippen molar-refractivity contribution in [1.82, 2.24) is 16.0 Å². The lowest BCUT2D eigenvalue weighted by Gasteiger charge is -2.19. The third kappa shape index (κ3) is 13.3. The van der Waals surface area contributed by atoms with Crippen LogP contribution in [-0.4, -0.2) is 43.5 Å². The molecule has 0 rings (SSSR count). The molecule has 0 aromatic rings. The number of hydrogen-bond donors (Lipinski definition) is 4. The van der Waals surface area contributed by atoms with Gasteiger partial charge in [-0.3, -0.25) is 9.59 Å². The van der Waals surface area contributed by atoms with Crippen LogP contribution < -0.4 is 21.7 Å². The van der Waals surface area contributed by atoms with E-state index in [1.165, 1.54) is 6.42 Å². The summed E-state index contributed by atoms with van der Waals surface area (Å²) in [5.41, 5.74) is 5.53. The first-order chi connectivity index (χ1) is 11.4. The van der Waals surface area contributed by atoms with Crippen molar-refractivity contribution in [2.24, 2.45) is 11.7 Å². The summed E-state index contributed by atoms with van der Waals surface area (Å²) in [5, 5.41) is 8.97. The predicted molar refractivity (Wildman–Crippen MR) is 99.7 cm³/mol. The molecule has 24 heavy (non-hydrogen) atoms. The van der Waals surface area contributed by atoms with Gasteiger partial charge in [0.25, 0.3) is 0 Å². The van der Waals surface area contributed by atoms with Crippen molar-refractivity contribution >= 4 is 11.8 Å². The molecule has 0 aromatic carbocycles. The van der Waals surface area contributed by atoms with Crippen molar-refractivity contribution in [3.63, 3.8) is 0 Å². The average molecular weight is 343 g/mol. The van der Waals surface area contributed by atoms with Crippen LogP contribution in [0.1, 0.15) is 66.2 Å². The molecule has 1 atom stereocenters. The highest BCUT2D eigenvalue weighted by Crippen LogP contribution is 2.05. The molecule has 0 aliphatic heterocycles. The Morgan fingerprint density at radius 2 is 1.67 bits per heavy atom. The van der Waals surface area contributed by atoms with Crippen LogP contribution in [0, 0.1) is 5.92 Å². The first-order valence-corrected chi connectivity index (χ1v) is 9.37. The fraction of sp³-hybridized carbons (Fsp3) is 0.889. The highest BCUT2D eigenvalue weighted by molar-refractivity contribution is 5.87. The van der Waals surface area contributed by atoms with E-state index in [-0.39, 0.29) is 11.8 Å². The van der Waals surface area contributed by atoms with Crippen LogP contribution in [0.4, 0.5) is 0 Å². The van der Waals surface area contributed by atoms with Crippen molar-refractivity contribution in [3.8, 4) is 0 Å². The van der Waals surface area contributed by atoms with Crippen molar-refractivity contribution in [2.75, 3.05) is 19.6 Å². The maximum atomic E-state index is 12.3. The van der Waals surface area contributed by atoms with E-state index in [9.17, 15) is 9.59 Å². The first-order valence-electron chi connectivity index (χ1n) is 9.37. The average Bonchev–Trinajstić information content (AvgIpc) is 2.50. The maximum Gasteiger partial charge on any atom is 0.242 e. The topological polar surface area (TPSA) is 96.2 Å². The van der Waals surface area contributed by atoms with Gasteiger partial charge >= 0.3 is 0 Å². The van der Waals surface area contributed by atoms with Gasteiger partial charge in [0.05, 0.1) is 0 Å². The zero-order valence-electron chi connectivity index (χ0n) is 16.0. The molecular weight excluding hydrogens is 304 g/mol. The van der Waals surface area contributed by atoms with E-state index in [2.05, 4.69) is 29.8 Å². The lowest BCUT2D eigenvalue weighted by atomic mass is 10.1. The molecule has 0 radical (unpaired) electrons.